The number of hydrogen-bond acceptors (Lipinski definition) is 9. The van der Waals surface area contributed by atoms with Gasteiger partial charge in [-0.25, -0.2) is 9.78 Å². The van der Waals surface area contributed by atoms with Crippen LogP contribution in [0.3, 0.4) is 0 Å². The zero-order chi connectivity index (χ0) is 33.4. The minimum Gasteiger partial charge on any atom is -0.481 e. The second-order valence-corrected chi connectivity index (χ2v) is 9.12. The summed E-state index contributed by atoms with van der Waals surface area (Å²) >= 11 is 0. The number of imidazole rings is 1. The standard InChI is InChI=1S/C24H26N4O5.C2HF3O2.C2H4O2/c1-15(29)32-13-19(14-33-16(2)30)18-8-9-22(21(10-18)17-6-4-3-5-7-17)28-24(31)23-26-12-20(11-25)27-23;3-2(4,5)1(6)7;1-2(3)4/h6,8-10,12,19H,3-5,7,13-14H2,1-2H3,(H,26,27)(H,28,31);(H,6,7);1H3,(H,3,4). The summed E-state index contributed by atoms with van der Waals surface area (Å²) < 4.78 is 42.1. The van der Waals surface area contributed by atoms with Gasteiger partial charge in [-0.2, -0.15) is 18.4 Å². The van der Waals surface area contributed by atoms with Gasteiger partial charge < -0.3 is 30.0 Å². The van der Waals surface area contributed by atoms with E-state index in [9.17, 15) is 27.6 Å². The number of carboxylic acids is 2. The van der Waals surface area contributed by atoms with Crippen molar-refractivity contribution in [1.29, 1.82) is 5.26 Å². The summed E-state index contributed by atoms with van der Waals surface area (Å²) in [7, 11) is 0. The van der Waals surface area contributed by atoms with Crippen molar-refractivity contribution >= 4 is 41.0 Å². The Bertz CT molecular complexity index is 1390. The number of alkyl halides is 3. The second kappa shape index (κ2) is 17.7. The lowest BCUT2D eigenvalue weighted by Crippen LogP contribution is -2.21. The van der Waals surface area contributed by atoms with Gasteiger partial charge in [-0.1, -0.05) is 12.1 Å². The number of nitrogens with zero attached hydrogens (tertiary/aromatic N) is 2. The van der Waals surface area contributed by atoms with E-state index in [1.807, 2.05) is 18.2 Å². The molecule has 2 aromatic rings. The first-order valence-electron chi connectivity index (χ1n) is 12.9. The number of allylic oxidation sites excluding steroid dienone is 2. The molecule has 1 aromatic carbocycles. The molecule has 0 atom stereocenters. The van der Waals surface area contributed by atoms with Gasteiger partial charge in [0.25, 0.3) is 11.9 Å². The number of nitrogens with one attached hydrogen (secondary N) is 2. The van der Waals surface area contributed by atoms with Crippen LogP contribution in [0.1, 0.15) is 79.8 Å². The molecule has 0 fully saturated rings. The van der Waals surface area contributed by atoms with E-state index in [-0.39, 0.29) is 30.7 Å². The van der Waals surface area contributed by atoms with E-state index in [1.165, 1.54) is 20.0 Å². The molecule has 0 saturated heterocycles. The van der Waals surface area contributed by atoms with Crippen molar-refractivity contribution in [1.82, 2.24) is 9.97 Å². The molecule has 16 heteroatoms. The van der Waals surface area contributed by atoms with Gasteiger partial charge >= 0.3 is 24.1 Å². The van der Waals surface area contributed by atoms with Gasteiger partial charge in [-0.15, -0.1) is 0 Å². The third kappa shape index (κ3) is 13.6. The molecule has 0 spiro atoms. The number of aromatic nitrogens is 2. The average Bonchev–Trinajstić information content (AvgIpc) is 3.43. The Hall–Kier alpha value is -5.20. The lowest BCUT2D eigenvalue weighted by atomic mass is 9.89. The molecule has 1 aliphatic rings. The van der Waals surface area contributed by atoms with Crippen LogP contribution < -0.4 is 5.32 Å². The van der Waals surface area contributed by atoms with Crippen molar-refractivity contribution in [2.24, 2.45) is 0 Å². The molecule has 4 N–H and O–H groups in total. The first-order chi connectivity index (χ1) is 20.5. The summed E-state index contributed by atoms with van der Waals surface area (Å²) in [5, 5.41) is 26.4. The Labute approximate surface area is 249 Å². The largest absolute Gasteiger partial charge is 0.490 e. The van der Waals surface area contributed by atoms with Crippen molar-refractivity contribution in [3.8, 4) is 6.07 Å². The van der Waals surface area contributed by atoms with E-state index < -0.39 is 36.0 Å². The van der Waals surface area contributed by atoms with Crippen LogP contribution in [0.15, 0.2) is 30.5 Å². The molecule has 44 heavy (non-hydrogen) atoms. The molecule has 1 heterocycles. The third-order valence-electron chi connectivity index (χ3n) is 5.53. The smallest absolute Gasteiger partial charge is 0.481 e. The number of amides is 1. The molecule has 238 valence electrons. The summed E-state index contributed by atoms with van der Waals surface area (Å²) in [6, 6.07) is 7.43. The summed E-state index contributed by atoms with van der Waals surface area (Å²) in [4.78, 5) is 59.9. The zero-order valence-electron chi connectivity index (χ0n) is 24.0. The van der Waals surface area contributed by atoms with Gasteiger partial charge in [0.05, 0.1) is 12.1 Å². The number of nitriles is 1. The van der Waals surface area contributed by atoms with Gasteiger partial charge in [0.15, 0.2) is 5.82 Å². The highest BCUT2D eigenvalue weighted by Crippen LogP contribution is 2.34. The molecule has 3 rings (SSSR count). The summed E-state index contributed by atoms with van der Waals surface area (Å²) in [6.45, 7) is 3.87. The molecule has 1 aromatic heterocycles. The minimum absolute atomic E-state index is 0.0433. The van der Waals surface area contributed by atoms with Gasteiger partial charge in [-0.05, 0) is 49.0 Å². The number of H-pyrrole nitrogens is 1. The molecule has 1 amide bonds. The predicted molar refractivity (Wildman–Crippen MR) is 147 cm³/mol. The number of halogens is 3. The van der Waals surface area contributed by atoms with E-state index >= 15 is 0 Å². The number of aromatic amines is 1. The van der Waals surface area contributed by atoms with Gasteiger partial charge in [0.2, 0.25) is 0 Å². The van der Waals surface area contributed by atoms with Crippen LogP contribution in [0.5, 0.6) is 0 Å². The second-order valence-electron chi connectivity index (χ2n) is 9.12. The third-order valence-corrected chi connectivity index (χ3v) is 5.53. The van der Waals surface area contributed by atoms with Crippen LogP contribution in [-0.4, -0.2) is 69.4 Å². The summed E-state index contributed by atoms with van der Waals surface area (Å²) in [5.74, 6) is -5.20. The number of carboxylic acid groups (broad SMARTS) is 2. The van der Waals surface area contributed by atoms with Crippen molar-refractivity contribution < 1.29 is 56.8 Å². The van der Waals surface area contributed by atoms with Crippen molar-refractivity contribution in [3.05, 3.63) is 53.1 Å². The van der Waals surface area contributed by atoms with Crippen LogP contribution in [-0.2, 0) is 28.7 Å². The molecule has 0 radical (unpaired) electrons. The van der Waals surface area contributed by atoms with Gasteiger partial charge in [-0.3, -0.25) is 19.2 Å². The Morgan fingerprint density at radius 2 is 1.64 bits per heavy atom. The highest BCUT2D eigenvalue weighted by atomic mass is 19.4. The van der Waals surface area contributed by atoms with Crippen LogP contribution >= 0.6 is 0 Å². The molecule has 13 nitrogen and oxygen atoms in total. The van der Waals surface area contributed by atoms with E-state index in [4.69, 9.17) is 34.5 Å². The fourth-order valence-electron chi connectivity index (χ4n) is 3.62. The molecular formula is C28H31F3N4O9. The highest BCUT2D eigenvalue weighted by Gasteiger charge is 2.38. The first kappa shape index (κ1) is 36.8. The SMILES string of the molecule is CC(=O)O.CC(=O)OCC(COC(C)=O)c1ccc(NC(=O)c2ncc(C#N)[nH]2)c(C2=CCCCC2)c1.O=C(O)C(F)(F)F. The van der Waals surface area contributed by atoms with Crippen LogP contribution in [0.25, 0.3) is 5.57 Å². The Morgan fingerprint density at radius 1 is 1.07 bits per heavy atom. The normalized spacial score (nSPS) is 12.2. The monoisotopic (exact) mass is 624 g/mol. The summed E-state index contributed by atoms with van der Waals surface area (Å²) in [6.07, 6.45) is 2.34. The zero-order valence-corrected chi connectivity index (χ0v) is 24.0. The molecule has 0 bridgehead atoms. The fourth-order valence-corrected chi connectivity index (χ4v) is 3.62. The maximum atomic E-state index is 12.7. The quantitative estimate of drug-likeness (QED) is 0.302. The number of hydrogen-bond donors (Lipinski definition) is 4. The molecular weight excluding hydrogens is 593 g/mol. The van der Waals surface area contributed by atoms with Crippen LogP contribution in [0, 0.1) is 11.3 Å². The van der Waals surface area contributed by atoms with Crippen molar-refractivity contribution in [2.75, 3.05) is 18.5 Å². The number of carbonyl (C=O) groups is 5. The van der Waals surface area contributed by atoms with Crippen LogP contribution in [0.4, 0.5) is 18.9 Å². The molecule has 0 saturated carbocycles. The average molecular weight is 625 g/mol. The number of rotatable bonds is 8. The maximum Gasteiger partial charge on any atom is 0.490 e. The molecule has 0 aliphatic heterocycles. The fraction of sp³-hybridized carbons (Fsp3) is 0.393. The minimum atomic E-state index is -5.08. The Morgan fingerprint density at radius 3 is 2.07 bits per heavy atom. The number of carbonyl (C=O) groups excluding carboxylic acids is 3. The summed E-state index contributed by atoms with van der Waals surface area (Å²) in [5.41, 5.74) is 3.58. The Balaban J connectivity index is 0.000000752. The van der Waals surface area contributed by atoms with E-state index in [1.54, 1.807) is 6.07 Å². The molecule has 1 aliphatic carbocycles. The van der Waals surface area contributed by atoms with Crippen LogP contribution in [0.2, 0.25) is 0 Å². The number of aliphatic carboxylic acids is 2. The number of anilines is 1. The van der Waals surface area contributed by atoms with E-state index in [0.29, 0.717) is 5.69 Å². The van der Waals surface area contributed by atoms with Crippen molar-refractivity contribution in [2.45, 2.75) is 58.5 Å². The van der Waals surface area contributed by atoms with Gasteiger partial charge in [0, 0.05) is 32.0 Å². The maximum absolute atomic E-state index is 12.7. The number of ether oxygens (including phenoxy) is 2. The lowest BCUT2D eigenvalue weighted by molar-refractivity contribution is -0.192. The van der Waals surface area contributed by atoms with Gasteiger partial charge in [0.1, 0.15) is 25.0 Å². The highest BCUT2D eigenvalue weighted by molar-refractivity contribution is 6.03. The van der Waals surface area contributed by atoms with Crippen molar-refractivity contribution in [3.63, 3.8) is 0 Å². The Kier molecular flexibility index (Phi) is 14.8. The first-order valence-corrected chi connectivity index (χ1v) is 12.9. The number of benzene rings is 1. The van der Waals surface area contributed by atoms with E-state index in [0.717, 1.165) is 49.3 Å². The number of esters is 2. The predicted octanol–water partition coefficient (Wildman–Crippen LogP) is 4.43. The van der Waals surface area contributed by atoms with E-state index in [2.05, 4.69) is 21.4 Å². The molecule has 0 unspecified atom stereocenters. The topological polar surface area (TPSA) is 209 Å². The lowest BCUT2D eigenvalue weighted by Gasteiger charge is -2.21.